The van der Waals surface area contributed by atoms with E-state index in [1.807, 2.05) is 12.3 Å². The van der Waals surface area contributed by atoms with Crippen LogP contribution in [0.1, 0.15) is 31.7 Å². The average Bonchev–Trinajstić information content (AvgIpc) is 3.34. The van der Waals surface area contributed by atoms with Gasteiger partial charge >= 0.3 is 0 Å². The predicted molar refractivity (Wildman–Crippen MR) is 101 cm³/mol. The molecule has 28 heavy (non-hydrogen) atoms. The molecule has 1 N–H and O–H groups in total. The van der Waals surface area contributed by atoms with Crippen molar-refractivity contribution in [2.75, 3.05) is 0 Å². The van der Waals surface area contributed by atoms with Crippen molar-refractivity contribution in [3.8, 4) is 17.5 Å². The van der Waals surface area contributed by atoms with Crippen LogP contribution in [0.5, 0.6) is 0 Å². The van der Waals surface area contributed by atoms with E-state index in [2.05, 4.69) is 20.6 Å². The lowest BCUT2D eigenvalue weighted by molar-refractivity contribution is 0.320. The van der Waals surface area contributed by atoms with E-state index in [1.54, 1.807) is 12.3 Å². The Morgan fingerprint density at radius 3 is 2.68 bits per heavy atom. The fourth-order valence-electron chi connectivity index (χ4n) is 4.25. The number of nitriles is 1. The maximum Gasteiger partial charge on any atom is 0.159 e. The van der Waals surface area contributed by atoms with E-state index < -0.39 is 11.6 Å². The van der Waals surface area contributed by atoms with Gasteiger partial charge in [0.25, 0.3) is 0 Å². The number of H-pyrrole nitrogens is 1. The first kappa shape index (κ1) is 16.9. The van der Waals surface area contributed by atoms with Crippen LogP contribution in [0.25, 0.3) is 33.5 Å². The third kappa shape index (κ3) is 2.56. The molecule has 4 aromatic rings. The second-order valence-electron chi connectivity index (χ2n) is 7.30. The van der Waals surface area contributed by atoms with Crippen LogP contribution in [0.15, 0.2) is 36.7 Å². The normalized spacial score (nSPS) is 19.9. The van der Waals surface area contributed by atoms with Crippen molar-refractivity contribution in [2.45, 2.75) is 31.7 Å². The number of nitrogens with zero attached hydrogens (tertiary/aromatic N) is 4. The van der Waals surface area contributed by atoms with E-state index in [4.69, 9.17) is 4.98 Å². The molecule has 1 aliphatic carbocycles. The first-order chi connectivity index (χ1) is 13.7. The molecule has 0 amide bonds. The van der Waals surface area contributed by atoms with Crippen LogP contribution < -0.4 is 0 Å². The molecule has 1 aliphatic rings. The SMILES string of the molecule is N#CC1CCC(n2c(-c3ccc(F)c(F)c3)nc3cnc4[nH]ccc4c32)CC1. The summed E-state index contributed by atoms with van der Waals surface area (Å²) in [4.78, 5) is 12.3. The van der Waals surface area contributed by atoms with Crippen molar-refractivity contribution >= 4 is 22.1 Å². The van der Waals surface area contributed by atoms with Gasteiger partial charge in [-0.3, -0.25) is 0 Å². The number of pyridine rings is 1. The molecule has 0 spiro atoms. The summed E-state index contributed by atoms with van der Waals surface area (Å²) in [5.74, 6) is -1.10. The molecule has 3 aromatic heterocycles. The molecule has 3 heterocycles. The zero-order valence-electron chi connectivity index (χ0n) is 15.0. The van der Waals surface area contributed by atoms with E-state index in [1.165, 1.54) is 6.07 Å². The maximum absolute atomic E-state index is 13.9. The lowest BCUT2D eigenvalue weighted by Gasteiger charge is -2.28. The molecular formula is C21H17F2N5. The Balaban J connectivity index is 1.75. The highest BCUT2D eigenvalue weighted by atomic mass is 19.2. The average molecular weight is 377 g/mol. The minimum Gasteiger partial charge on any atom is -0.346 e. The van der Waals surface area contributed by atoms with E-state index in [0.717, 1.165) is 48.3 Å². The van der Waals surface area contributed by atoms with Gasteiger partial charge in [0.15, 0.2) is 11.6 Å². The third-order valence-electron chi connectivity index (χ3n) is 5.66. The lowest BCUT2D eigenvalue weighted by atomic mass is 9.86. The van der Waals surface area contributed by atoms with Crippen LogP contribution in [0, 0.1) is 28.9 Å². The second kappa shape index (κ2) is 6.41. The quantitative estimate of drug-likeness (QED) is 0.527. The van der Waals surface area contributed by atoms with Crippen LogP contribution >= 0.6 is 0 Å². The number of aromatic nitrogens is 4. The zero-order valence-corrected chi connectivity index (χ0v) is 15.0. The predicted octanol–water partition coefficient (Wildman–Crippen LogP) is 5.11. The fraction of sp³-hybridized carbons (Fsp3) is 0.286. The third-order valence-corrected chi connectivity index (χ3v) is 5.66. The molecular weight excluding hydrogens is 360 g/mol. The molecule has 5 nitrogen and oxygen atoms in total. The van der Waals surface area contributed by atoms with Crippen molar-refractivity contribution in [3.63, 3.8) is 0 Å². The minimum atomic E-state index is -0.894. The van der Waals surface area contributed by atoms with Crippen molar-refractivity contribution in [3.05, 3.63) is 48.3 Å². The van der Waals surface area contributed by atoms with Crippen LogP contribution in [0.4, 0.5) is 8.78 Å². The van der Waals surface area contributed by atoms with Gasteiger partial charge in [-0.05, 0) is 49.9 Å². The summed E-state index contributed by atoms with van der Waals surface area (Å²) in [6.45, 7) is 0. The van der Waals surface area contributed by atoms with Crippen LogP contribution in [0.3, 0.4) is 0 Å². The van der Waals surface area contributed by atoms with E-state index in [9.17, 15) is 14.0 Å². The standard InChI is InChI=1S/C21H17F2N5/c22-16-6-3-13(9-17(16)23)21-27-18-11-26-20-15(7-8-25-20)19(18)28(21)14-4-1-12(10-24)2-5-14/h3,6-9,11-12,14H,1-2,4-5H2,(H,25,26). The van der Waals surface area contributed by atoms with E-state index in [-0.39, 0.29) is 12.0 Å². The Bertz CT molecular complexity index is 1230. The van der Waals surface area contributed by atoms with Crippen LogP contribution in [-0.4, -0.2) is 19.5 Å². The number of fused-ring (bicyclic) bond motifs is 3. The summed E-state index contributed by atoms with van der Waals surface area (Å²) < 4.78 is 29.5. The fourth-order valence-corrected chi connectivity index (χ4v) is 4.25. The van der Waals surface area contributed by atoms with Crippen LogP contribution in [-0.2, 0) is 0 Å². The summed E-state index contributed by atoms with van der Waals surface area (Å²) in [6.07, 6.45) is 6.86. The Kier molecular flexibility index (Phi) is 3.86. The van der Waals surface area contributed by atoms with Gasteiger partial charge in [0.2, 0.25) is 0 Å². The van der Waals surface area contributed by atoms with Crippen molar-refractivity contribution < 1.29 is 8.78 Å². The molecule has 0 saturated heterocycles. The highest BCUT2D eigenvalue weighted by Gasteiger charge is 2.27. The number of halogens is 2. The molecule has 0 atom stereocenters. The van der Waals surface area contributed by atoms with Gasteiger partial charge in [-0.1, -0.05) is 0 Å². The number of aromatic amines is 1. The number of nitrogens with one attached hydrogen (secondary N) is 1. The molecule has 1 aromatic carbocycles. The minimum absolute atomic E-state index is 0.0756. The first-order valence-electron chi connectivity index (χ1n) is 9.35. The Morgan fingerprint density at radius 2 is 1.93 bits per heavy atom. The van der Waals surface area contributed by atoms with E-state index >= 15 is 0 Å². The maximum atomic E-state index is 13.9. The highest BCUT2D eigenvalue weighted by Crippen LogP contribution is 2.39. The Morgan fingerprint density at radius 1 is 1.11 bits per heavy atom. The van der Waals surface area contributed by atoms with Crippen molar-refractivity contribution in [1.82, 2.24) is 19.5 Å². The van der Waals surface area contributed by atoms with Crippen LogP contribution in [0.2, 0.25) is 0 Å². The van der Waals surface area contributed by atoms with Gasteiger partial charge in [0.05, 0.1) is 17.8 Å². The zero-order chi connectivity index (χ0) is 19.3. The van der Waals surface area contributed by atoms with Gasteiger partial charge in [-0.15, -0.1) is 0 Å². The first-order valence-corrected chi connectivity index (χ1v) is 9.35. The van der Waals surface area contributed by atoms with Gasteiger partial charge in [-0.2, -0.15) is 5.26 Å². The van der Waals surface area contributed by atoms with Gasteiger partial charge in [0.1, 0.15) is 17.0 Å². The number of benzene rings is 1. The molecule has 0 aliphatic heterocycles. The molecule has 1 saturated carbocycles. The summed E-state index contributed by atoms with van der Waals surface area (Å²) >= 11 is 0. The molecule has 0 bridgehead atoms. The van der Waals surface area contributed by atoms with Gasteiger partial charge in [0, 0.05) is 29.1 Å². The molecule has 0 unspecified atom stereocenters. The summed E-state index contributed by atoms with van der Waals surface area (Å²) in [5, 5.41) is 10.2. The lowest BCUT2D eigenvalue weighted by Crippen LogP contribution is -2.18. The largest absolute Gasteiger partial charge is 0.346 e. The summed E-state index contributed by atoms with van der Waals surface area (Å²) in [7, 11) is 0. The Hall–Kier alpha value is -3.27. The van der Waals surface area contributed by atoms with Gasteiger partial charge in [-0.25, -0.2) is 18.7 Å². The molecule has 7 heteroatoms. The van der Waals surface area contributed by atoms with Crippen molar-refractivity contribution in [2.24, 2.45) is 5.92 Å². The molecule has 140 valence electrons. The summed E-state index contributed by atoms with van der Waals surface area (Å²) in [5.41, 5.74) is 2.94. The molecule has 0 radical (unpaired) electrons. The number of hydrogen-bond donors (Lipinski definition) is 1. The summed E-state index contributed by atoms with van der Waals surface area (Å²) in [6, 6.07) is 8.33. The number of hydrogen-bond acceptors (Lipinski definition) is 3. The molecule has 1 fully saturated rings. The van der Waals surface area contributed by atoms with E-state index in [0.29, 0.717) is 16.9 Å². The topological polar surface area (TPSA) is 70.3 Å². The number of imidazole rings is 1. The molecule has 5 rings (SSSR count). The van der Waals surface area contributed by atoms with Gasteiger partial charge < -0.3 is 9.55 Å². The Labute approximate surface area is 159 Å². The van der Waals surface area contributed by atoms with Crippen molar-refractivity contribution in [1.29, 1.82) is 5.26 Å². The highest BCUT2D eigenvalue weighted by molar-refractivity contribution is 6.02. The monoisotopic (exact) mass is 377 g/mol. The smallest absolute Gasteiger partial charge is 0.159 e. The number of rotatable bonds is 2. The second-order valence-corrected chi connectivity index (χ2v) is 7.30.